The molecule has 2 heterocycles. The molecule has 1 spiro atoms. The third-order valence-electron chi connectivity index (χ3n) is 8.27. The second-order valence-corrected chi connectivity index (χ2v) is 11.7. The summed E-state index contributed by atoms with van der Waals surface area (Å²) in [6.07, 6.45) is 0.425. The predicted octanol–water partition coefficient (Wildman–Crippen LogP) is 3.07. The molecular formula is C31H36N4O8. The lowest BCUT2D eigenvalue weighted by atomic mass is 9.86. The Morgan fingerprint density at radius 3 is 2.47 bits per heavy atom. The molecule has 0 bridgehead atoms. The Morgan fingerprint density at radius 2 is 1.81 bits per heavy atom. The average Bonchev–Trinajstić information content (AvgIpc) is 3.77. The van der Waals surface area contributed by atoms with Crippen LogP contribution in [0.1, 0.15) is 51.2 Å². The highest BCUT2D eigenvalue weighted by Crippen LogP contribution is 2.45. The van der Waals surface area contributed by atoms with Crippen molar-refractivity contribution in [3.63, 3.8) is 0 Å². The highest BCUT2D eigenvalue weighted by molar-refractivity contribution is 5.99. The van der Waals surface area contributed by atoms with Crippen LogP contribution in [-0.2, 0) is 36.1 Å². The smallest absolute Gasteiger partial charge is 0.405 e. The number of nitrogens with zero attached hydrogens (tertiary/aromatic N) is 2. The van der Waals surface area contributed by atoms with Crippen molar-refractivity contribution in [2.24, 2.45) is 11.8 Å². The summed E-state index contributed by atoms with van der Waals surface area (Å²) in [5.74, 6) is -1.87. The quantitative estimate of drug-likeness (QED) is 0.281. The molecule has 5 rings (SSSR count). The van der Waals surface area contributed by atoms with Gasteiger partial charge in [-0.1, -0.05) is 44.2 Å². The number of carboxylic acid groups (broad SMARTS) is 1. The minimum atomic E-state index is -1.66. The first kappa shape index (κ1) is 30.0. The number of carbonyl (C=O) groups is 5. The summed E-state index contributed by atoms with van der Waals surface area (Å²) in [6, 6.07) is 13.2. The van der Waals surface area contributed by atoms with E-state index >= 15 is 0 Å². The summed E-state index contributed by atoms with van der Waals surface area (Å²) < 4.78 is 11.4. The molecule has 1 saturated carbocycles. The van der Waals surface area contributed by atoms with Crippen molar-refractivity contribution < 1.29 is 38.6 Å². The van der Waals surface area contributed by atoms with Crippen LogP contribution in [0.4, 0.5) is 10.5 Å². The van der Waals surface area contributed by atoms with E-state index < -0.39 is 35.5 Å². The van der Waals surface area contributed by atoms with Gasteiger partial charge in [0.05, 0.1) is 6.42 Å². The van der Waals surface area contributed by atoms with Crippen LogP contribution in [0.2, 0.25) is 0 Å². The Balaban J connectivity index is 1.33. The van der Waals surface area contributed by atoms with Crippen molar-refractivity contribution in [1.82, 2.24) is 15.1 Å². The van der Waals surface area contributed by atoms with E-state index in [0.717, 1.165) is 18.4 Å². The maximum Gasteiger partial charge on any atom is 0.405 e. The predicted molar refractivity (Wildman–Crippen MR) is 154 cm³/mol. The van der Waals surface area contributed by atoms with Gasteiger partial charge >= 0.3 is 12.1 Å². The number of esters is 1. The molecule has 2 aromatic carbocycles. The first-order valence-electron chi connectivity index (χ1n) is 14.4. The summed E-state index contributed by atoms with van der Waals surface area (Å²) >= 11 is 0. The van der Waals surface area contributed by atoms with Gasteiger partial charge in [-0.2, -0.15) is 0 Å². The monoisotopic (exact) mass is 592 g/mol. The van der Waals surface area contributed by atoms with E-state index in [1.165, 1.54) is 23.1 Å². The molecule has 3 aliphatic rings. The number of benzene rings is 2. The highest BCUT2D eigenvalue weighted by atomic mass is 16.6. The number of ether oxygens (including phenoxy) is 2. The maximum absolute atomic E-state index is 13.8. The normalized spacial score (nSPS) is 20.8. The van der Waals surface area contributed by atoms with Crippen LogP contribution in [0.25, 0.3) is 0 Å². The fourth-order valence-electron chi connectivity index (χ4n) is 5.69. The fraction of sp³-hybridized carbons (Fsp3) is 0.452. The molecule has 3 atom stereocenters. The Kier molecular flexibility index (Phi) is 8.41. The summed E-state index contributed by atoms with van der Waals surface area (Å²) in [4.78, 5) is 67.2. The van der Waals surface area contributed by atoms with Gasteiger partial charge in [0.1, 0.15) is 25.1 Å². The Labute approximate surface area is 249 Å². The zero-order valence-corrected chi connectivity index (χ0v) is 24.4. The molecule has 1 unspecified atom stereocenters. The van der Waals surface area contributed by atoms with Gasteiger partial charge < -0.3 is 35.0 Å². The fourth-order valence-corrected chi connectivity index (χ4v) is 5.69. The van der Waals surface area contributed by atoms with Gasteiger partial charge in [-0.25, -0.2) is 4.79 Å². The van der Waals surface area contributed by atoms with E-state index in [0.29, 0.717) is 18.0 Å². The molecule has 12 nitrogen and oxygen atoms in total. The van der Waals surface area contributed by atoms with Gasteiger partial charge in [0, 0.05) is 29.9 Å². The van der Waals surface area contributed by atoms with E-state index in [-0.39, 0.29) is 49.0 Å². The van der Waals surface area contributed by atoms with Crippen molar-refractivity contribution in [1.29, 1.82) is 0 Å². The first-order valence-corrected chi connectivity index (χ1v) is 14.4. The van der Waals surface area contributed by atoms with E-state index in [1.807, 2.05) is 42.2 Å². The number of fused-ring (bicyclic) bond motifs is 2. The summed E-state index contributed by atoms with van der Waals surface area (Å²) in [5.41, 5.74) is -0.115. The molecule has 0 radical (unpaired) electrons. The maximum atomic E-state index is 13.8. The first-order chi connectivity index (χ1) is 20.5. The summed E-state index contributed by atoms with van der Waals surface area (Å²) in [7, 11) is 0. The number of nitrogens with one attached hydrogen (secondary N) is 2. The molecular weight excluding hydrogens is 556 g/mol. The molecule has 12 heteroatoms. The average molecular weight is 593 g/mol. The zero-order valence-electron chi connectivity index (χ0n) is 24.4. The van der Waals surface area contributed by atoms with Crippen molar-refractivity contribution >= 4 is 35.5 Å². The molecule has 2 fully saturated rings. The topological polar surface area (TPSA) is 155 Å². The van der Waals surface area contributed by atoms with Gasteiger partial charge in [0.2, 0.25) is 11.8 Å². The van der Waals surface area contributed by atoms with Crippen LogP contribution in [0.5, 0.6) is 5.75 Å². The van der Waals surface area contributed by atoms with Crippen molar-refractivity contribution in [2.45, 2.75) is 64.3 Å². The lowest BCUT2D eigenvalue weighted by molar-refractivity contribution is -0.153. The largest absolute Gasteiger partial charge is 0.465 e. The molecule has 2 aromatic rings. The Bertz CT molecular complexity index is 1430. The van der Waals surface area contributed by atoms with Crippen LogP contribution >= 0.6 is 0 Å². The second-order valence-electron chi connectivity index (χ2n) is 11.7. The van der Waals surface area contributed by atoms with Gasteiger partial charge in [0.25, 0.3) is 5.91 Å². The number of amides is 4. The molecule has 4 amide bonds. The molecule has 0 aromatic heterocycles. The lowest BCUT2D eigenvalue weighted by Crippen LogP contribution is -2.48. The van der Waals surface area contributed by atoms with Gasteiger partial charge in [-0.05, 0) is 49.3 Å². The molecule has 2 aliphatic heterocycles. The van der Waals surface area contributed by atoms with Gasteiger partial charge in [-0.3, -0.25) is 19.2 Å². The number of hydrogen-bond acceptors (Lipinski definition) is 7. The highest BCUT2D eigenvalue weighted by Gasteiger charge is 2.55. The van der Waals surface area contributed by atoms with E-state index in [4.69, 9.17) is 14.6 Å². The standard InChI is InChI=1S/C31H36N4O8/c1-18(2)27(33-30(40)41)28(38)32-22-11-12-23-24(13-22)43-26(37)14-31(23)29(39)34(17-42-31)16-25(36)35(19(3)21-9-10-21)15-20-7-5-4-6-8-20/h4-8,11-13,18-19,21,27,33H,9-10,14-17H2,1-3H3,(H,32,38)(H,40,41)/t19-,27+,31?/m0/s1. The molecule has 1 aliphatic carbocycles. The number of hydrogen-bond donors (Lipinski definition) is 3. The van der Waals surface area contributed by atoms with E-state index in [9.17, 15) is 24.0 Å². The Hall–Kier alpha value is -4.45. The number of carbonyl (C=O) groups excluding carboxylic acids is 4. The number of anilines is 1. The third-order valence-corrected chi connectivity index (χ3v) is 8.27. The van der Waals surface area contributed by atoms with Gasteiger partial charge in [-0.15, -0.1) is 0 Å². The third kappa shape index (κ3) is 6.34. The van der Waals surface area contributed by atoms with E-state index in [1.54, 1.807) is 13.8 Å². The Morgan fingerprint density at radius 1 is 1.09 bits per heavy atom. The van der Waals surface area contributed by atoms with Crippen LogP contribution in [0, 0.1) is 11.8 Å². The van der Waals surface area contributed by atoms with Crippen LogP contribution in [0.15, 0.2) is 48.5 Å². The summed E-state index contributed by atoms with van der Waals surface area (Å²) in [5, 5.41) is 13.9. The molecule has 228 valence electrons. The van der Waals surface area contributed by atoms with Crippen molar-refractivity contribution in [2.75, 3.05) is 18.6 Å². The van der Waals surface area contributed by atoms with Crippen molar-refractivity contribution in [3.8, 4) is 5.75 Å². The number of rotatable bonds is 10. The van der Waals surface area contributed by atoms with Gasteiger partial charge in [0.15, 0.2) is 5.60 Å². The van der Waals surface area contributed by atoms with Crippen LogP contribution in [0.3, 0.4) is 0 Å². The molecule has 43 heavy (non-hydrogen) atoms. The van der Waals surface area contributed by atoms with Crippen LogP contribution in [-0.4, -0.2) is 70.0 Å². The van der Waals surface area contributed by atoms with Crippen LogP contribution < -0.4 is 15.4 Å². The lowest BCUT2D eigenvalue weighted by Gasteiger charge is -2.33. The SMILES string of the molecule is CC(C)[C@@H](NC(=O)O)C(=O)Nc1ccc2c(c1)OC(=O)CC21OCN(CC(=O)N(Cc2ccccc2)[C@@H](C)C2CC2)C1=O. The minimum Gasteiger partial charge on any atom is -0.465 e. The minimum absolute atomic E-state index is 0.0142. The molecule has 3 N–H and O–H groups in total. The van der Waals surface area contributed by atoms with E-state index in [2.05, 4.69) is 10.6 Å². The zero-order chi connectivity index (χ0) is 30.9. The van der Waals surface area contributed by atoms with Crippen molar-refractivity contribution in [3.05, 3.63) is 59.7 Å². The molecule has 1 saturated heterocycles. The summed E-state index contributed by atoms with van der Waals surface area (Å²) in [6.45, 7) is 5.49. The second kappa shape index (κ2) is 12.0.